The number of amides is 2. The number of ether oxygens (including phenoxy) is 1. The molecule has 0 radical (unpaired) electrons. The number of carbonyl (C=O) groups is 3. The Morgan fingerprint density at radius 1 is 1.00 bits per heavy atom. The highest BCUT2D eigenvalue weighted by Gasteiger charge is 2.44. The second-order valence-electron chi connectivity index (χ2n) is 11.9. The lowest BCUT2D eigenvalue weighted by Crippen LogP contribution is -2.57. The van der Waals surface area contributed by atoms with Crippen molar-refractivity contribution in [2.24, 2.45) is 0 Å². The number of rotatable bonds is 9. The fourth-order valence-electron chi connectivity index (χ4n) is 6.37. The van der Waals surface area contributed by atoms with Gasteiger partial charge in [0, 0.05) is 29.8 Å². The smallest absolute Gasteiger partial charge is 0.335 e. The number of nitrogens with zero attached hydrogens (tertiary/aromatic N) is 5. The first kappa shape index (κ1) is 31.8. The second-order valence-corrected chi connectivity index (χ2v) is 11.9. The Labute approximate surface area is 272 Å². The van der Waals surface area contributed by atoms with Crippen LogP contribution in [0.4, 0.5) is 5.69 Å². The van der Waals surface area contributed by atoms with Crippen molar-refractivity contribution in [2.45, 2.75) is 50.4 Å². The second kappa shape index (κ2) is 14.5. The first-order valence-electron chi connectivity index (χ1n) is 15.7. The molecule has 4 aromatic rings. The number of carbonyl (C=O) groups excluding carboxylic acids is 2. The molecule has 6 rings (SSSR count). The van der Waals surface area contributed by atoms with Gasteiger partial charge in [-0.15, -0.1) is 5.10 Å². The molecule has 0 aliphatic carbocycles. The average Bonchev–Trinajstić information content (AvgIpc) is 3.63. The molecule has 0 spiro atoms. The number of likely N-dealkylation sites (tertiary alicyclic amines) is 1. The minimum absolute atomic E-state index is 0.0643. The summed E-state index contributed by atoms with van der Waals surface area (Å²) in [5.41, 5.74) is 3.92. The van der Waals surface area contributed by atoms with Gasteiger partial charge in [-0.2, -0.15) is 4.68 Å². The summed E-state index contributed by atoms with van der Waals surface area (Å²) in [5, 5.41) is 27.1. The molecule has 1 aromatic heterocycles. The van der Waals surface area contributed by atoms with Crippen LogP contribution in [0.3, 0.4) is 0 Å². The maximum Gasteiger partial charge on any atom is 0.335 e. The molecule has 3 N–H and O–H groups in total. The van der Waals surface area contributed by atoms with Crippen LogP contribution in [0.5, 0.6) is 0 Å². The van der Waals surface area contributed by atoms with Crippen LogP contribution in [0.15, 0.2) is 85.2 Å². The highest BCUT2D eigenvalue weighted by atomic mass is 16.5. The summed E-state index contributed by atoms with van der Waals surface area (Å²) in [6.07, 6.45) is 6.79. The third-order valence-electron chi connectivity index (χ3n) is 8.67. The molecule has 47 heavy (non-hydrogen) atoms. The quantitative estimate of drug-likeness (QED) is 0.233. The Balaban J connectivity index is 1.34. The molecule has 3 unspecified atom stereocenters. The van der Waals surface area contributed by atoms with Gasteiger partial charge in [-0.05, 0) is 97.7 Å². The number of aromatic carboxylic acids is 1. The topological polar surface area (TPSA) is 152 Å². The lowest BCUT2D eigenvalue weighted by Gasteiger charge is -2.44. The van der Waals surface area contributed by atoms with Crippen molar-refractivity contribution >= 4 is 29.5 Å². The summed E-state index contributed by atoms with van der Waals surface area (Å²) in [4.78, 5) is 41.4. The number of carboxylic acid groups (broad SMARTS) is 1. The van der Waals surface area contributed by atoms with E-state index < -0.39 is 12.0 Å². The molecule has 2 saturated heterocycles. The van der Waals surface area contributed by atoms with E-state index in [2.05, 4.69) is 26.2 Å². The van der Waals surface area contributed by atoms with E-state index in [0.717, 1.165) is 42.6 Å². The van der Waals surface area contributed by atoms with Gasteiger partial charge in [0.1, 0.15) is 12.4 Å². The summed E-state index contributed by atoms with van der Waals surface area (Å²) in [5.74, 6) is -2.12. The van der Waals surface area contributed by atoms with Crippen LogP contribution in [0, 0.1) is 6.92 Å². The summed E-state index contributed by atoms with van der Waals surface area (Å²) in [7, 11) is 0. The van der Waals surface area contributed by atoms with Crippen LogP contribution in [0.2, 0.25) is 0 Å². The van der Waals surface area contributed by atoms with E-state index in [1.54, 1.807) is 23.1 Å². The third kappa shape index (κ3) is 7.62. The zero-order valence-corrected chi connectivity index (χ0v) is 26.0. The maximum atomic E-state index is 14.2. The number of tetrazole rings is 1. The monoisotopic (exact) mass is 635 g/mol. The normalized spacial score (nSPS) is 20.3. The zero-order chi connectivity index (χ0) is 32.8. The molecule has 3 atom stereocenters. The molecular formula is C35H37N7O5. The number of piperidine rings is 2. The van der Waals surface area contributed by atoms with Crippen molar-refractivity contribution in [3.8, 4) is 5.69 Å². The number of hydrogen-bond acceptors (Lipinski definition) is 8. The Kier molecular flexibility index (Phi) is 9.79. The Morgan fingerprint density at radius 2 is 1.77 bits per heavy atom. The SMILES string of the molecule is Cc1ccc(-n2cnnn2)c(C=CC(=O)N2CC(OC3CCNCC3)CC(c3ccccc3)C2C(=O)Nc2ccc(C(=O)O)cc2)c1. The number of aromatic nitrogens is 4. The van der Waals surface area contributed by atoms with Gasteiger partial charge in [0.05, 0.1) is 23.5 Å². The summed E-state index contributed by atoms with van der Waals surface area (Å²) < 4.78 is 8.15. The third-order valence-corrected chi connectivity index (χ3v) is 8.67. The molecule has 12 heteroatoms. The maximum absolute atomic E-state index is 14.2. The number of benzene rings is 3. The molecule has 12 nitrogen and oxygen atoms in total. The first-order valence-corrected chi connectivity index (χ1v) is 15.7. The fraction of sp³-hybridized carbons (Fsp3) is 0.314. The van der Waals surface area contributed by atoms with E-state index in [0.29, 0.717) is 17.8 Å². The zero-order valence-electron chi connectivity index (χ0n) is 26.0. The highest BCUT2D eigenvalue weighted by molar-refractivity contribution is 6.01. The van der Waals surface area contributed by atoms with Gasteiger partial charge in [-0.1, -0.05) is 42.0 Å². The molecule has 2 fully saturated rings. The molecule has 3 heterocycles. The Morgan fingerprint density at radius 3 is 2.47 bits per heavy atom. The van der Waals surface area contributed by atoms with Gasteiger partial charge < -0.3 is 25.4 Å². The molecule has 0 saturated carbocycles. The molecule has 3 aromatic carbocycles. The van der Waals surface area contributed by atoms with Crippen LogP contribution in [-0.4, -0.2) is 85.9 Å². The number of nitrogens with one attached hydrogen (secondary N) is 2. The number of carboxylic acids is 1. The van der Waals surface area contributed by atoms with Crippen LogP contribution < -0.4 is 10.6 Å². The van der Waals surface area contributed by atoms with E-state index in [9.17, 15) is 19.5 Å². The molecule has 2 amide bonds. The Hall–Kier alpha value is -5.20. The average molecular weight is 636 g/mol. The van der Waals surface area contributed by atoms with E-state index in [1.165, 1.54) is 29.2 Å². The Bertz CT molecular complexity index is 1720. The van der Waals surface area contributed by atoms with Crippen LogP contribution in [0.25, 0.3) is 11.8 Å². The predicted molar refractivity (Wildman–Crippen MR) is 175 cm³/mol. The van der Waals surface area contributed by atoms with E-state index in [4.69, 9.17) is 4.74 Å². The minimum atomic E-state index is -1.06. The van der Waals surface area contributed by atoms with Crippen molar-refractivity contribution in [3.05, 3.63) is 107 Å². The number of hydrogen-bond donors (Lipinski definition) is 3. The van der Waals surface area contributed by atoms with Crippen LogP contribution in [0.1, 0.15) is 52.2 Å². The van der Waals surface area contributed by atoms with Crippen molar-refractivity contribution < 1.29 is 24.2 Å². The van der Waals surface area contributed by atoms with Crippen LogP contribution >= 0.6 is 0 Å². The van der Waals surface area contributed by atoms with E-state index in [-0.39, 0.29) is 42.0 Å². The highest BCUT2D eigenvalue weighted by Crippen LogP contribution is 2.36. The number of aryl methyl sites for hydroxylation is 1. The molecule has 242 valence electrons. The first-order chi connectivity index (χ1) is 22.9. The summed E-state index contributed by atoms with van der Waals surface area (Å²) in [6, 6.07) is 20.6. The van der Waals surface area contributed by atoms with Crippen molar-refractivity contribution in [1.29, 1.82) is 0 Å². The largest absolute Gasteiger partial charge is 0.478 e. The van der Waals surface area contributed by atoms with Gasteiger partial charge in [-0.3, -0.25) is 9.59 Å². The predicted octanol–water partition coefficient (Wildman–Crippen LogP) is 3.84. The number of anilines is 1. The van der Waals surface area contributed by atoms with Gasteiger partial charge >= 0.3 is 5.97 Å². The van der Waals surface area contributed by atoms with Crippen molar-refractivity contribution in [1.82, 2.24) is 30.4 Å². The van der Waals surface area contributed by atoms with Crippen molar-refractivity contribution in [3.63, 3.8) is 0 Å². The van der Waals surface area contributed by atoms with Gasteiger partial charge in [-0.25, -0.2) is 4.79 Å². The lowest BCUT2D eigenvalue weighted by atomic mass is 9.81. The van der Waals surface area contributed by atoms with Gasteiger partial charge in [0.25, 0.3) is 0 Å². The van der Waals surface area contributed by atoms with Gasteiger partial charge in [0.15, 0.2) is 0 Å². The van der Waals surface area contributed by atoms with Crippen molar-refractivity contribution in [2.75, 3.05) is 25.0 Å². The summed E-state index contributed by atoms with van der Waals surface area (Å²) in [6.45, 7) is 3.94. The van der Waals surface area contributed by atoms with E-state index in [1.807, 2.05) is 55.5 Å². The van der Waals surface area contributed by atoms with E-state index >= 15 is 0 Å². The van der Waals surface area contributed by atoms with Gasteiger partial charge in [0.2, 0.25) is 11.8 Å². The lowest BCUT2D eigenvalue weighted by molar-refractivity contribution is -0.145. The fourth-order valence-corrected chi connectivity index (χ4v) is 6.37. The summed E-state index contributed by atoms with van der Waals surface area (Å²) >= 11 is 0. The van der Waals surface area contributed by atoms with Crippen LogP contribution in [-0.2, 0) is 14.3 Å². The molecule has 2 aliphatic heterocycles. The minimum Gasteiger partial charge on any atom is -0.478 e. The molecular weight excluding hydrogens is 598 g/mol. The molecule has 2 aliphatic rings. The molecule has 0 bridgehead atoms. The standard InChI is InChI=1S/C35H37N7O5/c1-23-7-13-31(42-22-37-39-40-42)26(19-23)10-14-32(43)41-21-29(47-28-15-17-36-18-16-28)20-30(24-5-3-2-4-6-24)33(41)34(44)38-27-11-8-25(9-12-27)35(45)46/h2-14,19,22,28-30,33,36H,15-18,20-21H2,1H3,(H,38,44)(H,45,46).